The van der Waals surface area contributed by atoms with E-state index in [2.05, 4.69) is 9.47 Å². The van der Waals surface area contributed by atoms with Crippen molar-refractivity contribution in [2.75, 3.05) is 13.9 Å². The summed E-state index contributed by atoms with van der Waals surface area (Å²) in [4.78, 5) is 21.3. The van der Waals surface area contributed by atoms with Gasteiger partial charge in [0.15, 0.2) is 6.29 Å². The Morgan fingerprint density at radius 1 is 1.03 bits per heavy atom. The van der Waals surface area contributed by atoms with Crippen molar-refractivity contribution in [3.63, 3.8) is 0 Å². The van der Waals surface area contributed by atoms with Gasteiger partial charge in [0.05, 0.1) is 10.5 Å². The molecule has 0 aromatic heterocycles. The summed E-state index contributed by atoms with van der Waals surface area (Å²) in [6.07, 6.45) is -11.2. The molecule has 0 aliphatic heterocycles. The zero-order valence-corrected chi connectivity index (χ0v) is 17.8. The van der Waals surface area contributed by atoms with Gasteiger partial charge in [0.25, 0.3) is 11.3 Å². The second kappa shape index (κ2) is 10.4. The molecule has 0 aliphatic rings. The van der Waals surface area contributed by atoms with Gasteiger partial charge < -0.3 is 14.2 Å². The molecule has 0 fully saturated rings. The lowest BCUT2D eigenvalue weighted by atomic mass is 9.89. The molecule has 0 unspecified atom stereocenters. The molecule has 0 saturated heterocycles. The van der Waals surface area contributed by atoms with Crippen LogP contribution in [0.1, 0.15) is 34.8 Å². The number of hydrogen-bond donors (Lipinski definition) is 0. The van der Waals surface area contributed by atoms with Crippen LogP contribution < -0.4 is 4.74 Å². The van der Waals surface area contributed by atoms with Gasteiger partial charge in [-0.15, -0.1) is 0 Å². The highest BCUT2D eigenvalue weighted by Crippen LogP contribution is 2.53. The quantitative estimate of drug-likeness (QED) is 0.130. The Kier molecular flexibility index (Phi) is 8.26. The maximum absolute atomic E-state index is 13.8. The van der Waals surface area contributed by atoms with Gasteiger partial charge in [-0.2, -0.15) is 26.3 Å². The lowest BCUT2D eigenvalue weighted by Gasteiger charge is -2.37. The molecule has 0 atom stereocenters. The monoisotopic (exact) mass is 495 g/mol. The first-order valence-electron chi connectivity index (χ1n) is 9.63. The van der Waals surface area contributed by atoms with Gasteiger partial charge in [0, 0.05) is 18.7 Å². The average Bonchev–Trinajstić information content (AvgIpc) is 2.73. The number of rotatable bonds is 10. The van der Waals surface area contributed by atoms with Crippen molar-refractivity contribution >= 4 is 12.0 Å². The maximum Gasteiger partial charge on any atom is 0.430 e. The van der Waals surface area contributed by atoms with Gasteiger partial charge in [0.1, 0.15) is 18.3 Å². The van der Waals surface area contributed by atoms with E-state index < -0.39 is 40.9 Å². The molecular weight excluding hydrogens is 476 g/mol. The second-order valence-corrected chi connectivity index (χ2v) is 7.00. The number of aldehydes is 1. The highest BCUT2D eigenvalue weighted by atomic mass is 19.4. The van der Waals surface area contributed by atoms with E-state index in [1.807, 2.05) is 0 Å². The van der Waals surface area contributed by atoms with Crippen LogP contribution in [-0.2, 0) is 21.5 Å². The molecule has 34 heavy (non-hydrogen) atoms. The third-order valence-electron chi connectivity index (χ3n) is 4.73. The van der Waals surface area contributed by atoms with Gasteiger partial charge in [-0.3, -0.25) is 14.9 Å². The molecule has 186 valence electrons. The van der Waals surface area contributed by atoms with E-state index in [0.717, 1.165) is 31.4 Å². The minimum Gasteiger partial charge on any atom is -0.457 e. The third-order valence-corrected chi connectivity index (χ3v) is 4.73. The summed E-state index contributed by atoms with van der Waals surface area (Å²) < 4.78 is 97.0. The molecule has 0 radical (unpaired) electrons. The molecule has 0 aliphatic carbocycles. The van der Waals surface area contributed by atoms with Gasteiger partial charge in [0.2, 0.25) is 0 Å². The first-order chi connectivity index (χ1) is 15.8. The fourth-order valence-electron chi connectivity index (χ4n) is 3.23. The molecule has 2 aromatic carbocycles. The summed E-state index contributed by atoms with van der Waals surface area (Å²) >= 11 is 0. The van der Waals surface area contributed by atoms with Gasteiger partial charge >= 0.3 is 12.4 Å². The molecular formula is C21H19F6NO6. The number of ether oxygens (including phenoxy) is 3. The van der Waals surface area contributed by atoms with Crippen molar-refractivity contribution in [1.82, 2.24) is 0 Å². The van der Waals surface area contributed by atoms with E-state index in [4.69, 9.17) is 4.74 Å². The number of methoxy groups -OCH3 is 1. The smallest absolute Gasteiger partial charge is 0.430 e. The summed E-state index contributed by atoms with van der Waals surface area (Å²) in [6.45, 7) is 0.368. The van der Waals surface area contributed by atoms with Gasteiger partial charge in [-0.1, -0.05) is 19.4 Å². The fraction of sp³-hybridized carbons (Fsp3) is 0.381. The first-order valence-corrected chi connectivity index (χ1v) is 9.63. The third kappa shape index (κ3) is 5.30. The lowest BCUT2D eigenvalue weighted by molar-refractivity contribution is -0.400. The largest absolute Gasteiger partial charge is 0.457 e. The number of carbonyl (C=O) groups is 1. The Bertz CT molecular complexity index is 1020. The molecule has 0 N–H and O–H groups in total. The van der Waals surface area contributed by atoms with Crippen LogP contribution in [0, 0.1) is 10.1 Å². The summed E-state index contributed by atoms with van der Waals surface area (Å²) in [5.41, 5.74) is -6.71. The van der Waals surface area contributed by atoms with Gasteiger partial charge in [-0.25, -0.2) is 0 Å². The van der Waals surface area contributed by atoms with Crippen LogP contribution in [0.2, 0.25) is 0 Å². The molecule has 0 bridgehead atoms. The van der Waals surface area contributed by atoms with E-state index in [1.165, 1.54) is 0 Å². The number of nitro benzene ring substituents is 1. The number of aryl methyl sites for hydroxylation is 1. The topological polar surface area (TPSA) is 87.9 Å². The van der Waals surface area contributed by atoms with Crippen LogP contribution >= 0.6 is 0 Å². The Morgan fingerprint density at radius 3 is 2.18 bits per heavy atom. The van der Waals surface area contributed by atoms with E-state index in [1.54, 1.807) is 6.92 Å². The second-order valence-electron chi connectivity index (χ2n) is 7.00. The van der Waals surface area contributed by atoms with Crippen molar-refractivity contribution in [2.24, 2.45) is 0 Å². The van der Waals surface area contributed by atoms with Crippen molar-refractivity contribution in [1.29, 1.82) is 0 Å². The number of nitrogens with zero attached hydrogens (tertiary/aromatic N) is 1. The Balaban J connectivity index is 2.62. The van der Waals surface area contributed by atoms with Crippen LogP contribution in [-0.4, -0.2) is 37.5 Å². The van der Waals surface area contributed by atoms with E-state index in [9.17, 15) is 41.3 Å². The Labute approximate surface area is 189 Å². The molecule has 13 heteroatoms. The molecule has 2 aromatic rings. The summed E-state index contributed by atoms with van der Waals surface area (Å²) in [7, 11) is 0.884. The minimum atomic E-state index is -5.88. The molecule has 0 heterocycles. The summed E-state index contributed by atoms with van der Waals surface area (Å²) in [6, 6.07) is 5.33. The Morgan fingerprint density at radius 2 is 1.68 bits per heavy atom. The molecule has 0 spiro atoms. The normalized spacial score (nSPS) is 12.5. The minimum absolute atomic E-state index is 0.00935. The Hall–Kier alpha value is -3.19. The standard InChI is InChI=1S/C21H19F6NO6/c1-3-4-13-9-15(19(20(22,23)24,21(25,26)27)33-12-32-2)5-8-18(13)34-16-6-7-17(28(30)31)14(10-16)11-29/h5-11H,3-4,12H2,1-2H3. The number of hydrogen-bond acceptors (Lipinski definition) is 6. The molecule has 7 nitrogen and oxygen atoms in total. The van der Waals surface area contributed by atoms with E-state index >= 15 is 0 Å². The van der Waals surface area contributed by atoms with Crippen molar-refractivity contribution < 1.29 is 50.3 Å². The highest BCUT2D eigenvalue weighted by Gasteiger charge is 2.73. The molecule has 0 amide bonds. The number of benzene rings is 2. The van der Waals surface area contributed by atoms with Crippen LogP contribution in [0.3, 0.4) is 0 Å². The van der Waals surface area contributed by atoms with Gasteiger partial charge in [-0.05, 0) is 36.2 Å². The van der Waals surface area contributed by atoms with Crippen molar-refractivity contribution in [3.8, 4) is 11.5 Å². The zero-order chi connectivity index (χ0) is 25.7. The number of halogens is 6. The fourth-order valence-corrected chi connectivity index (χ4v) is 3.23. The number of alkyl halides is 6. The van der Waals surface area contributed by atoms with Crippen molar-refractivity contribution in [2.45, 2.75) is 37.7 Å². The van der Waals surface area contributed by atoms with Crippen LogP contribution in [0.5, 0.6) is 11.5 Å². The predicted molar refractivity (Wildman–Crippen MR) is 106 cm³/mol. The molecule has 0 saturated carbocycles. The van der Waals surface area contributed by atoms with Crippen molar-refractivity contribution in [3.05, 3.63) is 63.2 Å². The van der Waals surface area contributed by atoms with E-state index in [-0.39, 0.29) is 35.3 Å². The maximum atomic E-state index is 13.8. The number of carbonyl (C=O) groups excluding carboxylic acids is 1. The van der Waals surface area contributed by atoms with Crippen LogP contribution in [0.25, 0.3) is 0 Å². The van der Waals surface area contributed by atoms with E-state index in [0.29, 0.717) is 18.6 Å². The van der Waals surface area contributed by atoms with Crippen LogP contribution in [0.4, 0.5) is 32.0 Å². The number of nitro groups is 1. The first kappa shape index (κ1) is 27.1. The SMILES string of the molecule is CCCc1cc(C(OCOC)(C(F)(F)F)C(F)(F)F)ccc1Oc1ccc([N+](=O)[O-])c(C=O)c1. The molecule has 2 rings (SSSR count). The zero-order valence-electron chi connectivity index (χ0n) is 17.8. The lowest BCUT2D eigenvalue weighted by Crippen LogP contribution is -2.56. The summed E-state index contributed by atoms with van der Waals surface area (Å²) in [5.74, 6) is -0.173. The average molecular weight is 495 g/mol. The highest BCUT2D eigenvalue weighted by molar-refractivity contribution is 5.82. The summed E-state index contributed by atoms with van der Waals surface area (Å²) in [5, 5.41) is 11.0. The predicted octanol–water partition coefficient (Wildman–Crippen LogP) is 6.09. The van der Waals surface area contributed by atoms with Crippen LogP contribution in [0.15, 0.2) is 36.4 Å².